The lowest BCUT2D eigenvalue weighted by atomic mass is 10.1. The van der Waals surface area contributed by atoms with Crippen LogP contribution in [0.5, 0.6) is 0 Å². The maximum absolute atomic E-state index is 12.8. The van der Waals surface area contributed by atoms with Gasteiger partial charge in [-0.05, 0) is 30.2 Å². The number of hydrogen-bond donors (Lipinski definition) is 2. The molecule has 2 aromatic carbocycles. The number of aromatic nitrogens is 3. The fourth-order valence-electron chi connectivity index (χ4n) is 2.93. The van der Waals surface area contributed by atoms with Crippen molar-refractivity contribution in [3.8, 4) is 0 Å². The molecule has 2 amide bonds. The fraction of sp³-hybridized carbons (Fsp3) is 0.200. The number of fused-ring (bicyclic) bond motifs is 1. The summed E-state index contributed by atoms with van der Waals surface area (Å²) in [6.07, 6.45) is -0.00935. The molecule has 7 nitrogen and oxygen atoms in total. The minimum atomic E-state index is -0.780. The maximum Gasteiger partial charge on any atom is 0.249 e. The Bertz CT molecular complexity index is 1070. The van der Waals surface area contributed by atoms with Crippen molar-refractivity contribution in [2.24, 2.45) is 0 Å². The fourth-order valence-corrected chi connectivity index (χ4v) is 3.89. The smallest absolute Gasteiger partial charge is 0.249 e. The zero-order valence-corrected chi connectivity index (χ0v) is 17.1. The highest BCUT2D eigenvalue weighted by Gasteiger charge is 2.33. The van der Waals surface area contributed by atoms with Crippen LogP contribution >= 0.6 is 23.4 Å². The van der Waals surface area contributed by atoms with Crippen molar-refractivity contribution in [3.63, 3.8) is 0 Å². The van der Waals surface area contributed by atoms with Crippen LogP contribution in [0.1, 0.15) is 23.6 Å². The van der Waals surface area contributed by atoms with E-state index in [0.717, 1.165) is 11.1 Å². The number of hydrogen-bond acceptors (Lipinski definition) is 5. The van der Waals surface area contributed by atoms with Gasteiger partial charge in [-0.15, -0.1) is 5.10 Å². The lowest BCUT2D eigenvalue weighted by Crippen LogP contribution is -2.36. The lowest BCUT2D eigenvalue weighted by molar-refractivity contribution is -0.125. The minimum absolute atomic E-state index is 0.00935. The number of carbonyl (C=O) groups excluding carboxylic acids is 2. The molecule has 1 aromatic heterocycles. The molecular formula is C20H18ClN5O2S. The average molecular weight is 428 g/mol. The first-order valence-electron chi connectivity index (χ1n) is 9.00. The van der Waals surface area contributed by atoms with Crippen LogP contribution in [0.3, 0.4) is 0 Å². The molecule has 3 aromatic rings. The molecule has 9 heteroatoms. The standard InChI is InChI=1S/C20H18ClN5O2S/c1-12-7-8-14(9-15(12)21)22-18(28)16-10-17(27)23-19-24-20(25-26(16)19)29-11-13-5-3-2-4-6-13/h2-9,16H,10-11H2,1H3,(H,22,28)(H,23,24,25,27)/t16-/m1/s1. The van der Waals surface area contributed by atoms with E-state index in [-0.39, 0.29) is 24.2 Å². The maximum atomic E-state index is 12.8. The molecule has 1 atom stereocenters. The molecule has 0 fully saturated rings. The van der Waals surface area contributed by atoms with Crippen molar-refractivity contribution in [1.82, 2.24) is 14.8 Å². The van der Waals surface area contributed by atoms with Gasteiger partial charge in [0.05, 0.1) is 6.42 Å². The summed E-state index contributed by atoms with van der Waals surface area (Å²) in [6.45, 7) is 1.88. The van der Waals surface area contributed by atoms with Crippen molar-refractivity contribution in [3.05, 3.63) is 64.7 Å². The summed E-state index contributed by atoms with van der Waals surface area (Å²) in [7, 11) is 0. The predicted octanol–water partition coefficient (Wildman–Crippen LogP) is 4.05. The molecule has 2 heterocycles. The summed E-state index contributed by atoms with van der Waals surface area (Å²) >= 11 is 7.58. The number of halogens is 1. The third-order valence-corrected chi connectivity index (χ3v) is 5.81. The first-order valence-corrected chi connectivity index (χ1v) is 10.4. The second kappa shape index (κ2) is 8.26. The summed E-state index contributed by atoms with van der Waals surface area (Å²) < 4.78 is 1.47. The van der Waals surface area contributed by atoms with Crippen LogP contribution in [0, 0.1) is 6.92 Å². The van der Waals surface area contributed by atoms with Gasteiger partial charge >= 0.3 is 0 Å². The Hall–Kier alpha value is -2.84. The molecule has 2 N–H and O–H groups in total. The Labute approximate surface area is 176 Å². The number of nitrogens with one attached hydrogen (secondary N) is 2. The molecule has 0 spiro atoms. The predicted molar refractivity (Wildman–Crippen MR) is 113 cm³/mol. The normalized spacial score (nSPS) is 15.5. The van der Waals surface area contributed by atoms with Gasteiger partial charge in [0.1, 0.15) is 6.04 Å². The summed E-state index contributed by atoms with van der Waals surface area (Å²) in [4.78, 5) is 29.3. The molecule has 148 valence electrons. The molecule has 29 heavy (non-hydrogen) atoms. The highest BCUT2D eigenvalue weighted by molar-refractivity contribution is 7.98. The van der Waals surface area contributed by atoms with E-state index in [1.807, 2.05) is 43.3 Å². The van der Waals surface area contributed by atoms with E-state index < -0.39 is 6.04 Å². The molecular weight excluding hydrogens is 410 g/mol. The van der Waals surface area contributed by atoms with E-state index in [1.165, 1.54) is 16.4 Å². The van der Waals surface area contributed by atoms with Crippen molar-refractivity contribution < 1.29 is 9.59 Å². The van der Waals surface area contributed by atoms with Gasteiger partial charge in [0, 0.05) is 16.5 Å². The van der Waals surface area contributed by atoms with Gasteiger partial charge in [-0.2, -0.15) is 4.98 Å². The van der Waals surface area contributed by atoms with Crippen LogP contribution < -0.4 is 10.6 Å². The highest BCUT2D eigenvalue weighted by Crippen LogP contribution is 2.29. The van der Waals surface area contributed by atoms with Crippen molar-refractivity contribution in [1.29, 1.82) is 0 Å². The van der Waals surface area contributed by atoms with Gasteiger partial charge in [-0.1, -0.05) is 59.8 Å². The second-order valence-electron chi connectivity index (χ2n) is 6.66. The van der Waals surface area contributed by atoms with E-state index in [4.69, 9.17) is 11.6 Å². The van der Waals surface area contributed by atoms with Crippen LogP contribution in [0.15, 0.2) is 53.7 Å². The average Bonchev–Trinajstić information content (AvgIpc) is 3.12. The molecule has 0 saturated heterocycles. The van der Waals surface area contributed by atoms with Gasteiger partial charge in [-0.25, -0.2) is 4.68 Å². The first-order chi connectivity index (χ1) is 14.0. The van der Waals surface area contributed by atoms with Crippen molar-refractivity contribution in [2.75, 3.05) is 10.6 Å². The monoisotopic (exact) mass is 427 g/mol. The molecule has 0 bridgehead atoms. The largest absolute Gasteiger partial charge is 0.324 e. The number of aryl methyl sites for hydroxylation is 1. The van der Waals surface area contributed by atoms with Gasteiger partial charge in [-0.3, -0.25) is 14.9 Å². The number of rotatable bonds is 5. The van der Waals surface area contributed by atoms with E-state index in [0.29, 0.717) is 21.6 Å². The van der Waals surface area contributed by atoms with Crippen LogP contribution in [-0.2, 0) is 15.3 Å². The van der Waals surface area contributed by atoms with Gasteiger partial charge < -0.3 is 5.32 Å². The molecule has 0 aliphatic carbocycles. The Kier molecular flexibility index (Phi) is 5.55. The van der Waals surface area contributed by atoms with Gasteiger partial charge in [0.25, 0.3) is 0 Å². The molecule has 0 saturated carbocycles. The Morgan fingerprint density at radius 3 is 2.86 bits per heavy atom. The number of carbonyl (C=O) groups is 2. The van der Waals surface area contributed by atoms with Crippen LogP contribution in [0.4, 0.5) is 11.6 Å². The minimum Gasteiger partial charge on any atom is -0.324 e. The van der Waals surface area contributed by atoms with Crippen molar-refractivity contribution in [2.45, 2.75) is 30.3 Å². The lowest BCUT2D eigenvalue weighted by Gasteiger charge is -2.22. The molecule has 1 aliphatic rings. The van der Waals surface area contributed by atoms with Crippen LogP contribution in [0.2, 0.25) is 5.02 Å². The SMILES string of the molecule is Cc1ccc(NC(=O)[C@H]2CC(=O)Nc3nc(SCc4ccccc4)nn32)cc1Cl. The Morgan fingerprint density at radius 2 is 2.10 bits per heavy atom. The zero-order chi connectivity index (χ0) is 20.4. The third-order valence-electron chi connectivity index (χ3n) is 4.49. The molecule has 0 unspecified atom stereocenters. The molecule has 0 radical (unpaired) electrons. The van der Waals surface area contributed by atoms with Crippen LogP contribution in [-0.4, -0.2) is 26.6 Å². The van der Waals surface area contributed by atoms with Crippen LogP contribution in [0.25, 0.3) is 0 Å². The summed E-state index contributed by atoms with van der Waals surface area (Å²) in [5, 5.41) is 11.0. The summed E-state index contributed by atoms with van der Waals surface area (Å²) in [6, 6.07) is 14.4. The zero-order valence-electron chi connectivity index (χ0n) is 15.6. The third kappa shape index (κ3) is 4.44. The number of benzene rings is 2. The highest BCUT2D eigenvalue weighted by atomic mass is 35.5. The number of thioether (sulfide) groups is 1. The Balaban J connectivity index is 1.51. The summed E-state index contributed by atoms with van der Waals surface area (Å²) in [5.41, 5.74) is 2.62. The second-order valence-corrected chi connectivity index (χ2v) is 8.01. The number of amides is 2. The van der Waals surface area contributed by atoms with E-state index in [1.54, 1.807) is 12.1 Å². The Morgan fingerprint density at radius 1 is 1.31 bits per heavy atom. The van der Waals surface area contributed by atoms with Gasteiger partial charge in [0.2, 0.25) is 22.9 Å². The van der Waals surface area contributed by atoms with E-state index in [2.05, 4.69) is 20.7 Å². The van der Waals surface area contributed by atoms with Gasteiger partial charge in [0.15, 0.2) is 0 Å². The van der Waals surface area contributed by atoms with E-state index in [9.17, 15) is 9.59 Å². The number of nitrogens with zero attached hydrogens (tertiary/aromatic N) is 3. The first kappa shape index (κ1) is 19.5. The van der Waals surface area contributed by atoms with Crippen molar-refractivity contribution >= 4 is 46.8 Å². The molecule has 4 rings (SSSR count). The quantitative estimate of drug-likeness (QED) is 0.599. The summed E-state index contributed by atoms with van der Waals surface area (Å²) in [5.74, 6) is 0.354. The number of anilines is 2. The topological polar surface area (TPSA) is 88.9 Å². The molecule has 1 aliphatic heterocycles. The van der Waals surface area contributed by atoms with E-state index >= 15 is 0 Å².